The molecule has 30 heavy (non-hydrogen) atoms. The molecule has 0 saturated carbocycles. The molecule has 0 aliphatic carbocycles. The monoisotopic (exact) mass is 424 g/mol. The highest BCUT2D eigenvalue weighted by atomic mass is 19.4. The first-order chi connectivity index (χ1) is 14.4. The first kappa shape index (κ1) is 21.8. The molecule has 0 spiro atoms. The highest BCUT2D eigenvalue weighted by Gasteiger charge is 2.29. The van der Waals surface area contributed by atoms with E-state index < -0.39 is 18.7 Å². The van der Waals surface area contributed by atoms with Crippen LogP contribution in [0.1, 0.15) is 16.8 Å². The van der Waals surface area contributed by atoms with Gasteiger partial charge in [0.2, 0.25) is 11.8 Å². The molecule has 2 aromatic rings. The van der Waals surface area contributed by atoms with Crippen molar-refractivity contribution in [1.82, 2.24) is 25.2 Å². The molecule has 3 heterocycles. The Balaban J connectivity index is 1.39. The zero-order valence-corrected chi connectivity index (χ0v) is 16.3. The summed E-state index contributed by atoms with van der Waals surface area (Å²) in [6, 6.07) is 4.65. The van der Waals surface area contributed by atoms with Crippen LogP contribution in [-0.4, -0.2) is 77.8 Å². The van der Waals surface area contributed by atoms with Gasteiger partial charge in [0.25, 0.3) is 5.91 Å². The lowest BCUT2D eigenvalue weighted by atomic mass is 10.2. The molecule has 1 aliphatic heterocycles. The summed E-state index contributed by atoms with van der Waals surface area (Å²) in [5.41, 5.74) is -0.0155. The summed E-state index contributed by atoms with van der Waals surface area (Å²) >= 11 is 0. The Morgan fingerprint density at radius 2 is 1.77 bits per heavy atom. The number of carbonyl (C=O) groups is 1. The van der Waals surface area contributed by atoms with Crippen LogP contribution in [0.3, 0.4) is 0 Å². The number of hydrogen-bond acceptors (Lipinski definition) is 7. The predicted octanol–water partition coefficient (Wildman–Crippen LogP) is 1.75. The SMILES string of the molecule is O=C(NCCCN1CCN(c2ncccn2)CC1)c1cccnc1OCC(F)(F)F. The van der Waals surface area contributed by atoms with E-state index in [9.17, 15) is 18.0 Å². The van der Waals surface area contributed by atoms with Crippen LogP contribution in [0.25, 0.3) is 0 Å². The zero-order chi connectivity index (χ0) is 21.4. The quantitative estimate of drug-likeness (QED) is 0.647. The highest BCUT2D eigenvalue weighted by molar-refractivity contribution is 5.96. The van der Waals surface area contributed by atoms with E-state index >= 15 is 0 Å². The Bertz CT molecular complexity index is 813. The number of hydrogen-bond donors (Lipinski definition) is 1. The Hall–Kier alpha value is -2.95. The van der Waals surface area contributed by atoms with Crippen LogP contribution in [0.4, 0.5) is 19.1 Å². The van der Waals surface area contributed by atoms with Crippen molar-refractivity contribution in [2.45, 2.75) is 12.6 Å². The number of rotatable bonds is 8. The summed E-state index contributed by atoms with van der Waals surface area (Å²) in [6.07, 6.45) is 0.940. The van der Waals surface area contributed by atoms with E-state index in [2.05, 4.69) is 34.8 Å². The van der Waals surface area contributed by atoms with Crippen LogP contribution >= 0.6 is 0 Å². The summed E-state index contributed by atoms with van der Waals surface area (Å²) in [4.78, 5) is 28.9. The van der Waals surface area contributed by atoms with E-state index in [1.165, 1.54) is 18.3 Å². The second-order valence-electron chi connectivity index (χ2n) is 6.75. The number of nitrogens with one attached hydrogen (secondary N) is 1. The molecule has 1 amide bonds. The predicted molar refractivity (Wildman–Crippen MR) is 103 cm³/mol. The first-order valence-electron chi connectivity index (χ1n) is 9.59. The third-order valence-corrected chi connectivity index (χ3v) is 4.53. The first-order valence-corrected chi connectivity index (χ1v) is 9.59. The van der Waals surface area contributed by atoms with Gasteiger partial charge in [0.1, 0.15) is 5.56 Å². The summed E-state index contributed by atoms with van der Waals surface area (Å²) < 4.78 is 41.7. The van der Waals surface area contributed by atoms with E-state index in [1.54, 1.807) is 18.5 Å². The molecular weight excluding hydrogens is 401 g/mol. The molecule has 1 N–H and O–H groups in total. The molecule has 0 radical (unpaired) electrons. The zero-order valence-electron chi connectivity index (χ0n) is 16.3. The molecular formula is C19H23F3N6O2. The third-order valence-electron chi connectivity index (χ3n) is 4.53. The maximum atomic E-state index is 12.4. The number of ether oxygens (including phenoxy) is 1. The van der Waals surface area contributed by atoms with Gasteiger partial charge < -0.3 is 15.0 Å². The van der Waals surface area contributed by atoms with E-state index in [0.29, 0.717) is 13.0 Å². The van der Waals surface area contributed by atoms with Crippen molar-refractivity contribution < 1.29 is 22.7 Å². The van der Waals surface area contributed by atoms with E-state index in [4.69, 9.17) is 0 Å². The number of pyridine rings is 1. The fourth-order valence-corrected chi connectivity index (χ4v) is 3.05. The summed E-state index contributed by atoms with van der Waals surface area (Å²) in [6.45, 7) is 3.08. The number of nitrogens with zero attached hydrogens (tertiary/aromatic N) is 5. The van der Waals surface area contributed by atoms with Gasteiger partial charge in [-0.25, -0.2) is 15.0 Å². The van der Waals surface area contributed by atoms with Gasteiger partial charge >= 0.3 is 6.18 Å². The van der Waals surface area contributed by atoms with Crippen LogP contribution in [-0.2, 0) is 0 Å². The van der Waals surface area contributed by atoms with Crippen LogP contribution in [0.5, 0.6) is 5.88 Å². The lowest BCUT2D eigenvalue weighted by Gasteiger charge is -2.34. The summed E-state index contributed by atoms with van der Waals surface area (Å²) in [5, 5.41) is 2.71. The van der Waals surface area contributed by atoms with Crippen molar-refractivity contribution in [3.05, 3.63) is 42.4 Å². The fraction of sp³-hybridized carbons (Fsp3) is 0.474. The molecule has 11 heteroatoms. The molecule has 0 aromatic carbocycles. The minimum Gasteiger partial charge on any atom is -0.467 e. The van der Waals surface area contributed by atoms with Crippen molar-refractivity contribution in [3.63, 3.8) is 0 Å². The fourth-order valence-electron chi connectivity index (χ4n) is 3.05. The van der Waals surface area contributed by atoms with Crippen molar-refractivity contribution in [2.24, 2.45) is 0 Å². The Morgan fingerprint density at radius 3 is 2.47 bits per heavy atom. The van der Waals surface area contributed by atoms with E-state index in [0.717, 1.165) is 38.7 Å². The molecule has 3 rings (SSSR count). The Kier molecular flexibility index (Phi) is 7.39. The average molecular weight is 424 g/mol. The van der Waals surface area contributed by atoms with Gasteiger partial charge in [-0.1, -0.05) is 0 Å². The molecule has 0 unspecified atom stereocenters. The number of alkyl halides is 3. The van der Waals surface area contributed by atoms with Crippen molar-refractivity contribution >= 4 is 11.9 Å². The summed E-state index contributed by atoms with van der Waals surface area (Å²) in [7, 11) is 0. The number of amides is 1. The molecule has 1 saturated heterocycles. The van der Waals surface area contributed by atoms with Gasteiger partial charge in [-0.3, -0.25) is 9.69 Å². The smallest absolute Gasteiger partial charge is 0.422 e. The van der Waals surface area contributed by atoms with Crippen molar-refractivity contribution in [3.8, 4) is 5.88 Å². The van der Waals surface area contributed by atoms with Crippen LogP contribution in [0, 0.1) is 0 Å². The molecule has 8 nitrogen and oxygen atoms in total. The second-order valence-corrected chi connectivity index (χ2v) is 6.75. The van der Waals surface area contributed by atoms with Gasteiger partial charge in [-0.2, -0.15) is 13.2 Å². The highest BCUT2D eigenvalue weighted by Crippen LogP contribution is 2.20. The standard InChI is InChI=1S/C19H23F3N6O2/c20-19(21,22)14-30-17-15(4-1-5-24-17)16(29)23-8-3-9-27-10-12-28(13-11-27)18-25-6-2-7-26-18/h1-2,4-7H,3,8-14H2,(H,23,29). The minimum atomic E-state index is -4.50. The molecule has 2 aromatic heterocycles. The second kappa shape index (κ2) is 10.2. The Labute approximate surface area is 172 Å². The molecule has 0 atom stereocenters. The van der Waals surface area contributed by atoms with Crippen molar-refractivity contribution in [1.29, 1.82) is 0 Å². The lowest BCUT2D eigenvalue weighted by Crippen LogP contribution is -2.47. The number of piperazine rings is 1. The lowest BCUT2D eigenvalue weighted by molar-refractivity contribution is -0.154. The molecule has 162 valence electrons. The normalized spacial score (nSPS) is 15.1. The minimum absolute atomic E-state index is 0.0155. The summed E-state index contributed by atoms with van der Waals surface area (Å²) in [5.74, 6) is -0.109. The molecule has 1 aliphatic rings. The maximum absolute atomic E-state index is 12.4. The van der Waals surface area contributed by atoms with Gasteiger partial charge in [0.05, 0.1) is 0 Å². The third kappa shape index (κ3) is 6.55. The van der Waals surface area contributed by atoms with Crippen molar-refractivity contribution in [2.75, 3.05) is 50.8 Å². The van der Waals surface area contributed by atoms with Gasteiger partial charge in [0, 0.05) is 51.3 Å². The Morgan fingerprint density at radius 1 is 1.07 bits per heavy atom. The largest absolute Gasteiger partial charge is 0.467 e. The van der Waals surface area contributed by atoms with E-state index in [-0.39, 0.29) is 11.4 Å². The number of aromatic nitrogens is 3. The van der Waals surface area contributed by atoms with Crippen LogP contribution in [0.15, 0.2) is 36.8 Å². The maximum Gasteiger partial charge on any atom is 0.422 e. The molecule has 1 fully saturated rings. The van der Waals surface area contributed by atoms with Crippen LogP contribution in [0.2, 0.25) is 0 Å². The average Bonchev–Trinajstić information content (AvgIpc) is 2.76. The van der Waals surface area contributed by atoms with Gasteiger partial charge in [-0.15, -0.1) is 0 Å². The van der Waals surface area contributed by atoms with Gasteiger partial charge in [-0.05, 0) is 31.2 Å². The topological polar surface area (TPSA) is 83.5 Å². The van der Waals surface area contributed by atoms with E-state index in [1.807, 2.05) is 0 Å². The number of halogens is 3. The van der Waals surface area contributed by atoms with Gasteiger partial charge in [0.15, 0.2) is 6.61 Å². The van der Waals surface area contributed by atoms with Crippen LogP contribution < -0.4 is 15.0 Å². The molecule has 0 bridgehead atoms. The number of anilines is 1. The number of carbonyl (C=O) groups excluding carboxylic acids is 1.